The van der Waals surface area contributed by atoms with Gasteiger partial charge in [0.2, 0.25) is 0 Å². The zero-order valence-corrected chi connectivity index (χ0v) is 12.8. The molecule has 1 saturated carbocycles. The molecule has 0 atom stereocenters. The number of phenols is 1. The van der Waals surface area contributed by atoms with Crippen LogP contribution in [0.2, 0.25) is 5.02 Å². The smallest absolute Gasteiger partial charge is 0.261 e. The highest BCUT2D eigenvalue weighted by molar-refractivity contribution is 6.30. The highest BCUT2D eigenvalue weighted by Gasteiger charge is 2.25. The van der Waals surface area contributed by atoms with Crippen molar-refractivity contribution in [1.82, 2.24) is 10.1 Å². The van der Waals surface area contributed by atoms with E-state index in [1.165, 1.54) is 25.3 Å². The van der Waals surface area contributed by atoms with E-state index in [1.54, 1.807) is 12.1 Å². The summed E-state index contributed by atoms with van der Waals surface area (Å²) in [6, 6.07) is 4.81. The second kappa shape index (κ2) is 6.06. The normalized spacial score (nSPS) is 22.4. The van der Waals surface area contributed by atoms with Crippen molar-refractivity contribution in [3.05, 3.63) is 29.0 Å². The Morgan fingerprint density at radius 1 is 1.29 bits per heavy atom. The molecule has 2 aromatic rings. The van der Waals surface area contributed by atoms with E-state index in [0.717, 1.165) is 24.6 Å². The lowest BCUT2D eigenvalue weighted by molar-refractivity contribution is 0.305. The molecule has 1 aromatic carbocycles. The molecule has 21 heavy (non-hydrogen) atoms. The van der Waals surface area contributed by atoms with Crippen LogP contribution in [0.3, 0.4) is 0 Å². The van der Waals surface area contributed by atoms with Gasteiger partial charge in [-0.05, 0) is 49.8 Å². The molecule has 0 radical (unpaired) electrons. The quantitative estimate of drug-likeness (QED) is 0.886. The average molecular weight is 307 g/mol. The van der Waals surface area contributed by atoms with Crippen LogP contribution in [-0.2, 0) is 0 Å². The summed E-state index contributed by atoms with van der Waals surface area (Å²) in [6.07, 6.45) is 5.93. The van der Waals surface area contributed by atoms with E-state index in [9.17, 15) is 5.11 Å². The molecule has 1 fully saturated rings. The Morgan fingerprint density at radius 3 is 2.76 bits per heavy atom. The molecular formula is C16H19ClN2O2. The van der Waals surface area contributed by atoms with Gasteiger partial charge in [0.25, 0.3) is 5.89 Å². The zero-order valence-electron chi connectivity index (χ0n) is 12.1. The second-order valence-corrected chi connectivity index (χ2v) is 6.18. The summed E-state index contributed by atoms with van der Waals surface area (Å²) in [4.78, 5) is 4.46. The van der Waals surface area contributed by atoms with E-state index < -0.39 is 0 Å². The van der Waals surface area contributed by atoms with Gasteiger partial charge in [0.05, 0.1) is 5.56 Å². The molecule has 1 aromatic heterocycles. The first-order valence-electron chi connectivity index (χ1n) is 7.50. The lowest BCUT2D eigenvalue weighted by Crippen LogP contribution is -2.13. The van der Waals surface area contributed by atoms with E-state index in [2.05, 4.69) is 17.1 Å². The lowest BCUT2D eigenvalue weighted by Gasteiger charge is -2.25. The van der Waals surface area contributed by atoms with Gasteiger partial charge in [-0.2, -0.15) is 4.98 Å². The van der Waals surface area contributed by atoms with Crippen molar-refractivity contribution in [2.75, 3.05) is 0 Å². The van der Waals surface area contributed by atoms with E-state index in [-0.39, 0.29) is 5.75 Å². The van der Waals surface area contributed by atoms with Gasteiger partial charge in [-0.25, -0.2) is 0 Å². The first-order chi connectivity index (χ1) is 10.2. The Balaban J connectivity index is 1.79. The fourth-order valence-corrected chi connectivity index (χ4v) is 3.19. The van der Waals surface area contributed by atoms with Gasteiger partial charge in [-0.1, -0.05) is 30.1 Å². The van der Waals surface area contributed by atoms with Crippen LogP contribution >= 0.6 is 11.6 Å². The molecule has 3 rings (SSSR count). The number of hydrogen-bond acceptors (Lipinski definition) is 4. The van der Waals surface area contributed by atoms with Crippen molar-refractivity contribution in [1.29, 1.82) is 0 Å². The lowest BCUT2D eigenvalue weighted by atomic mass is 9.80. The summed E-state index contributed by atoms with van der Waals surface area (Å²) in [5, 5.41) is 14.5. The number of halogens is 1. The molecule has 0 aliphatic heterocycles. The SMILES string of the molecule is CCC1CCC(c2noc(-c3cc(Cl)ccc3O)n2)CC1. The molecule has 1 aliphatic carbocycles. The van der Waals surface area contributed by atoms with Gasteiger partial charge in [0, 0.05) is 10.9 Å². The molecule has 1 heterocycles. The van der Waals surface area contributed by atoms with Gasteiger partial charge in [-0.15, -0.1) is 0 Å². The Bertz CT molecular complexity index is 618. The van der Waals surface area contributed by atoms with Crippen molar-refractivity contribution in [3.63, 3.8) is 0 Å². The van der Waals surface area contributed by atoms with E-state index in [0.29, 0.717) is 22.4 Å². The number of benzene rings is 1. The molecule has 0 spiro atoms. The number of nitrogens with zero attached hydrogens (tertiary/aromatic N) is 2. The molecule has 0 bridgehead atoms. The first-order valence-corrected chi connectivity index (χ1v) is 7.87. The third-order valence-electron chi connectivity index (χ3n) is 4.42. The molecule has 1 aliphatic rings. The van der Waals surface area contributed by atoms with Crippen molar-refractivity contribution >= 4 is 11.6 Å². The molecule has 4 nitrogen and oxygen atoms in total. The summed E-state index contributed by atoms with van der Waals surface area (Å²) in [7, 11) is 0. The van der Waals surface area contributed by atoms with Crippen molar-refractivity contribution < 1.29 is 9.63 Å². The molecule has 0 unspecified atom stereocenters. The number of phenolic OH excluding ortho intramolecular Hbond substituents is 1. The fourth-order valence-electron chi connectivity index (χ4n) is 3.02. The predicted octanol–water partition coefficient (Wildman–Crippen LogP) is 4.78. The van der Waals surface area contributed by atoms with Crippen LogP contribution < -0.4 is 0 Å². The third kappa shape index (κ3) is 3.05. The summed E-state index contributed by atoms with van der Waals surface area (Å²) < 4.78 is 5.31. The van der Waals surface area contributed by atoms with E-state index in [1.807, 2.05) is 0 Å². The maximum Gasteiger partial charge on any atom is 0.261 e. The summed E-state index contributed by atoms with van der Waals surface area (Å²) in [6.45, 7) is 2.25. The standard InChI is InChI=1S/C16H19ClN2O2/c1-2-10-3-5-11(6-4-10)15-18-16(21-19-15)13-9-12(17)7-8-14(13)20/h7-11,20H,2-6H2,1H3. The van der Waals surface area contributed by atoms with Gasteiger partial charge in [0.1, 0.15) is 5.75 Å². The van der Waals surface area contributed by atoms with Gasteiger partial charge in [-0.3, -0.25) is 0 Å². The summed E-state index contributed by atoms with van der Waals surface area (Å²) in [5.41, 5.74) is 0.489. The maximum atomic E-state index is 9.89. The topological polar surface area (TPSA) is 59.2 Å². The van der Waals surface area contributed by atoms with Gasteiger partial charge in [0.15, 0.2) is 5.82 Å². The Kier molecular flexibility index (Phi) is 4.15. The molecule has 0 saturated heterocycles. The van der Waals surface area contributed by atoms with Crippen LogP contribution in [0.15, 0.2) is 22.7 Å². The first kappa shape index (κ1) is 14.4. The van der Waals surface area contributed by atoms with Gasteiger partial charge >= 0.3 is 0 Å². The van der Waals surface area contributed by atoms with Gasteiger partial charge < -0.3 is 9.63 Å². The predicted molar refractivity (Wildman–Crippen MR) is 81.4 cm³/mol. The van der Waals surface area contributed by atoms with Crippen LogP contribution in [0.4, 0.5) is 0 Å². The molecular weight excluding hydrogens is 288 g/mol. The number of rotatable bonds is 3. The van der Waals surface area contributed by atoms with Crippen LogP contribution in [0.25, 0.3) is 11.5 Å². The van der Waals surface area contributed by atoms with E-state index in [4.69, 9.17) is 16.1 Å². The number of aromatic nitrogens is 2. The molecule has 1 N–H and O–H groups in total. The molecule has 112 valence electrons. The van der Waals surface area contributed by atoms with E-state index >= 15 is 0 Å². The monoisotopic (exact) mass is 306 g/mol. The zero-order chi connectivity index (χ0) is 14.8. The fraction of sp³-hybridized carbons (Fsp3) is 0.500. The Hall–Kier alpha value is -1.55. The Morgan fingerprint density at radius 2 is 2.05 bits per heavy atom. The van der Waals surface area contributed by atoms with Crippen LogP contribution in [0.5, 0.6) is 5.75 Å². The number of hydrogen-bond donors (Lipinski definition) is 1. The Labute approximate surface area is 129 Å². The highest BCUT2D eigenvalue weighted by Crippen LogP contribution is 2.37. The average Bonchev–Trinajstić information content (AvgIpc) is 2.99. The summed E-state index contributed by atoms with van der Waals surface area (Å²) in [5.74, 6) is 2.39. The minimum Gasteiger partial charge on any atom is -0.507 e. The maximum absolute atomic E-state index is 9.89. The van der Waals surface area contributed by atoms with Crippen molar-refractivity contribution in [3.8, 4) is 17.2 Å². The second-order valence-electron chi connectivity index (χ2n) is 5.75. The summed E-state index contributed by atoms with van der Waals surface area (Å²) >= 11 is 5.95. The largest absolute Gasteiger partial charge is 0.507 e. The number of aromatic hydroxyl groups is 1. The molecule has 5 heteroatoms. The van der Waals surface area contributed by atoms with Crippen LogP contribution in [0.1, 0.15) is 50.8 Å². The van der Waals surface area contributed by atoms with Crippen LogP contribution in [-0.4, -0.2) is 15.2 Å². The van der Waals surface area contributed by atoms with Crippen molar-refractivity contribution in [2.45, 2.75) is 44.9 Å². The molecule has 0 amide bonds. The third-order valence-corrected chi connectivity index (χ3v) is 4.66. The van der Waals surface area contributed by atoms with Crippen molar-refractivity contribution in [2.24, 2.45) is 5.92 Å². The highest BCUT2D eigenvalue weighted by atomic mass is 35.5. The van der Waals surface area contributed by atoms with Crippen LogP contribution in [0, 0.1) is 5.92 Å². The minimum absolute atomic E-state index is 0.101. The minimum atomic E-state index is 0.101.